The molecule has 0 spiro atoms. The Hall–Kier alpha value is -2.53. The first kappa shape index (κ1) is 17.8. The Bertz CT molecular complexity index is 669. The van der Waals surface area contributed by atoms with Crippen LogP contribution >= 0.6 is 0 Å². The minimum absolute atomic E-state index is 0.0635. The fraction of sp³-hybridized carbons (Fsp3) is 0.316. The summed E-state index contributed by atoms with van der Waals surface area (Å²) < 4.78 is 10.7. The molecule has 24 heavy (non-hydrogen) atoms. The van der Waals surface area contributed by atoms with Crippen molar-refractivity contribution >= 4 is 11.6 Å². The van der Waals surface area contributed by atoms with Crippen LogP contribution < -0.4 is 20.1 Å². The Balaban J connectivity index is 1.65. The van der Waals surface area contributed by atoms with Crippen molar-refractivity contribution in [1.82, 2.24) is 5.32 Å². The van der Waals surface area contributed by atoms with Crippen LogP contribution in [-0.4, -0.2) is 32.7 Å². The number of carbonyl (C=O) groups excluding carboxylic acids is 1. The number of aryl methyl sites for hydroxylation is 2. The van der Waals surface area contributed by atoms with E-state index >= 15 is 0 Å². The van der Waals surface area contributed by atoms with Gasteiger partial charge in [0.25, 0.3) is 0 Å². The van der Waals surface area contributed by atoms with Gasteiger partial charge in [-0.25, -0.2) is 0 Å². The molecule has 0 saturated carbocycles. The molecule has 0 aliphatic heterocycles. The molecule has 0 fully saturated rings. The van der Waals surface area contributed by atoms with Gasteiger partial charge in [-0.05, 0) is 49.7 Å². The molecule has 2 aromatic rings. The van der Waals surface area contributed by atoms with Crippen LogP contribution in [-0.2, 0) is 4.79 Å². The highest BCUT2D eigenvalue weighted by Crippen LogP contribution is 2.17. The molecule has 0 aromatic heterocycles. The molecule has 5 nitrogen and oxygen atoms in total. The van der Waals surface area contributed by atoms with Crippen molar-refractivity contribution in [3.63, 3.8) is 0 Å². The highest BCUT2D eigenvalue weighted by atomic mass is 16.5. The average molecular weight is 328 g/mol. The lowest BCUT2D eigenvalue weighted by Gasteiger charge is -2.10. The molecule has 0 atom stereocenters. The Morgan fingerprint density at radius 1 is 1.04 bits per heavy atom. The summed E-state index contributed by atoms with van der Waals surface area (Å²) in [5.74, 6) is 1.51. The summed E-state index contributed by atoms with van der Waals surface area (Å²) in [7, 11) is 1.63. The van der Waals surface area contributed by atoms with E-state index in [9.17, 15) is 4.79 Å². The fourth-order valence-electron chi connectivity index (χ4n) is 2.26. The van der Waals surface area contributed by atoms with Crippen molar-refractivity contribution in [2.75, 3.05) is 32.1 Å². The molecule has 5 heteroatoms. The molecule has 0 aliphatic rings. The zero-order valence-electron chi connectivity index (χ0n) is 14.4. The van der Waals surface area contributed by atoms with Gasteiger partial charge in [-0.2, -0.15) is 0 Å². The average Bonchev–Trinajstić information content (AvgIpc) is 2.57. The summed E-state index contributed by atoms with van der Waals surface area (Å²) in [5, 5.41) is 5.97. The minimum Gasteiger partial charge on any atom is -0.497 e. The standard InChI is InChI=1S/C19H24N2O3/c1-14-4-9-18(15(2)12-14)21-19(22)13-20-10-11-24-17-7-5-16(23-3)6-8-17/h4-9,12,20H,10-11,13H2,1-3H3,(H,21,22). The van der Waals surface area contributed by atoms with Gasteiger partial charge in [0.2, 0.25) is 5.91 Å². The van der Waals surface area contributed by atoms with Crippen molar-refractivity contribution in [2.24, 2.45) is 0 Å². The summed E-state index contributed by atoms with van der Waals surface area (Å²) in [6.45, 7) is 5.34. The minimum atomic E-state index is -0.0635. The lowest BCUT2D eigenvalue weighted by molar-refractivity contribution is -0.115. The van der Waals surface area contributed by atoms with E-state index < -0.39 is 0 Å². The van der Waals surface area contributed by atoms with Crippen molar-refractivity contribution in [3.05, 3.63) is 53.6 Å². The van der Waals surface area contributed by atoms with Crippen molar-refractivity contribution in [3.8, 4) is 11.5 Å². The molecule has 0 heterocycles. The van der Waals surface area contributed by atoms with Crippen LogP contribution in [0.25, 0.3) is 0 Å². The van der Waals surface area contributed by atoms with Gasteiger partial charge in [0.1, 0.15) is 18.1 Å². The van der Waals surface area contributed by atoms with E-state index in [1.54, 1.807) is 7.11 Å². The third kappa shape index (κ3) is 5.59. The van der Waals surface area contributed by atoms with Gasteiger partial charge < -0.3 is 20.1 Å². The van der Waals surface area contributed by atoms with Crippen LogP contribution in [0.5, 0.6) is 11.5 Å². The number of nitrogens with one attached hydrogen (secondary N) is 2. The molecule has 0 saturated heterocycles. The molecule has 2 N–H and O–H groups in total. The number of methoxy groups -OCH3 is 1. The number of rotatable bonds is 8. The molecule has 0 aliphatic carbocycles. The smallest absolute Gasteiger partial charge is 0.238 e. The van der Waals surface area contributed by atoms with Gasteiger partial charge in [-0.15, -0.1) is 0 Å². The monoisotopic (exact) mass is 328 g/mol. The summed E-state index contributed by atoms with van der Waals surface area (Å²) >= 11 is 0. The summed E-state index contributed by atoms with van der Waals surface area (Å²) in [6, 6.07) is 13.4. The van der Waals surface area contributed by atoms with Crippen LogP contribution in [0, 0.1) is 13.8 Å². The van der Waals surface area contributed by atoms with Crippen LogP contribution in [0.2, 0.25) is 0 Å². The maximum Gasteiger partial charge on any atom is 0.238 e. The maximum atomic E-state index is 11.9. The molecule has 2 aromatic carbocycles. The van der Waals surface area contributed by atoms with Gasteiger partial charge in [0.05, 0.1) is 13.7 Å². The fourth-order valence-corrected chi connectivity index (χ4v) is 2.26. The lowest BCUT2D eigenvalue weighted by Crippen LogP contribution is -2.31. The van der Waals surface area contributed by atoms with E-state index in [0.717, 1.165) is 22.7 Å². The first-order valence-electron chi connectivity index (χ1n) is 7.93. The molecule has 0 radical (unpaired) electrons. The van der Waals surface area contributed by atoms with Crippen molar-refractivity contribution in [2.45, 2.75) is 13.8 Å². The van der Waals surface area contributed by atoms with Crippen LogP contribution in [0.1, 0.15) is 11.1 Å². The molecule has 0 bridgehead atoms. The molecular weight excluding hydrogens is 304 g/mol. The topological polar surface area (TPSA) is 59.6 Å². The van der Waals surface area contributed by atoms with Gasteiger partial charge in [0.15, 0.2) is 0 Å². The van der Waals surface area contributed by atoms with E-state index in [4.69, 9.17) is 9.47 Å². The molecule has 2 rings (SSSR count). The number of carbonyl (C=O) groups is 1. The van der Waals surface area contributed by atoms with Crippen LogP contribution in [0.15, 0.2) is 42.5 Å². The molecular formula is C19H24N2O3. The van der Waals surface area contributed by atoms with E-state index in [-0.39, 0.29) is 12.5 Å². The van der Waals surface area contributed by atoms with E-state index in [2.05, 4.69) is 10.6 Å². The quantitative estimate of drug-likeness (QED) is 0.732. The van der Waals surface area contributed by atoms with Gasteiger partial charge in [-0.3, -0.25) is 4.79 Å². The summed E-state index contributed by atoms with van der Waals surface area (Å²) in [4.78, 5) is 11.9. The molecule has 128 valence electrons. The number of hydrogen-bond donors (Lipinski definition) is 2. The Labute approximate surface area is 143 Å². The SMILES string of the molecule is COc1ccc(OCCNCC(=O)Nc2ccc(C)cc2C)cc1. The van der Waals surface area contributed by atoms with E-state index in [1.165, 1.54) is 5.56 Å². The zero-order valence-corrected chi connectivity index (χ0v) is 14.4. The maximum absolute atomic E-state index is 11.9. The van der Waals surface area contributed by atoms with Crippen LogP contribution in [0.3, 0.4) is 0 Å². The van der Waals surface area contributed by atoms with Crippen molar-refractivity contribution in [1.29, 1.82) is 0 Å². The second-order valence-electron chi connectivity index (χ2n) is 5.57. The third-order valence-corrected chi connectivity index (χ3v) is 3.55. The molecule has 0 unspecified atom stereocenters. The largest absolute Gasteiger partial charge is 0.497 e. The number of amides is 1. The van der Waals surface area contributed by atoms with Gasteiger partial charge in [-0.1, -0.05) is 17.7 Å². The number of benzene rings is 2. The predicted molar refractivity (Wildman–Crippen MR) is 95.9 cm³/mol. The Morgan fingerprint density at radius 2 is 1.75 bits per heavy atom. The zero-order chi connectivity index (χ0) is 17.4. The van der Waals surface area contributed by atoms with Crippen LogP contribution in [0.4, 0.5) is 5.69 Å². The third-order valence-electron chi connectivity index (χ3n) is 3.55. The second kappa shape index (κ2) is 8.93. The van der Waals surface area contributed by atoms with Gasteiger partial charge >= 0.3 is 0 Å². The first-order chi connectivity index (χ1) is 11.6. The first-order valence-corrected chi connectivity index (χ1v) is 7.93. The van der Waals surface area contributed by atoms with E-state index in [1.807, 2.05) is 56.3 Å². The lowest BCUT2D eigenvalue weighted by atomic mass is 10.1. The second-order valence-corrected chi connectivity index (χ2v) is 5.57. The summed E-state index contributed by atoms with van der Waals surface area (Å²) in [6.07, 6.45) is 0. The van der Waals surface area contributed by atoms with Gasteiger partial charge in [0, 0.05) is 12.2 Å². The highest BCUT2D eigenvalue weighted by Gasteiger charge is 2.04. The highest BCUT2D eigenvalue weighted by molar-refractivity contribution is 5.92. The molecule has 1 amide bonds. The Kier molecular flexibility index (Phi) is 6.63. The predicted octanol–water partition coefficient (Wildman–Crippen LogP) is 2.92. The number of hydrogen-bond acceptors (Lipinski definition) is 4. The summed E-state index contributed by atoms with van der Waals surface area (Å²) in [5.41, 5.74) is 3.09. The number of ether oxygens (including phenoxy) is 2. The number of anilines is 1. The normalized spacial score (nSPS) is 10.3. The van der Waals surface area contributed by atoms with E-state index in [0.29, 0.717) is 13.2 Å². The van der Waals surface area contributed by atoms with Crippen molar-refractivity contribution < 1.29 is 14.3 Å². The Morgan fingerprint density at radius 3 is 2.42 bits per heavy atom.